The second-order valence-electron chi connectivity index (χ2n) is 18.4. The molecule has 3 saturated heterocycles. The van der Waals surface area contributed by atoms with Crippen molar-refractivity contribution in [2.24, 2.45) is 23.7 Å². The van der Waals surface area contributed by atoms with Crippen molar-refractivity contribution in [1.82, 2.24) is 4.90 Å². The summed E-state index contributed by atoms with van der Waals surface area (Å²) in [5.41, 5.74) is -3.87. The van der Waals surface area contributed by atoms with Crippen molar-refractivity contribution in [1.29, 1.82) is 0 Å². The zero-order valence-corrected chi connectivity index (χ0v) is 39.6. The Hall–Kier alpha value is -2.54. The topological polar surface area (TPSA) is 184 Å². The van der Waals surface area contributed by atoms with Crippen LogP contribution in [-0.2, 0) is 66.5 Å². The number of Topliss-reactive ketones (excluding diaryl/α,β-unsaturated/α-hetero) is 1. The zero-order chi connectivity index (χ0) is 46.4. The molecule has 61 heavy (non-hydrogen) atoms. The summed E-state index contributed by atoms with van der Waals surface area (Å²) in [5, 5.41) is 12.0. The van der Waals surface area contributed by atoms with E-state index >= 15 is 0 Å². The molecule has 0 radical (unpaired) electrons. The molecule has 0 amide bonds. The van der Waals surface area contributed by atoms with E-state index in [1.165, 1.54) is 34.1 Å². The van der Waals surface area contributed by atoms with Gasteiger partial charge in [0.25, 0.3) is 0 Å². The van der Waals surface area contributed by atoms with Crippen LogP contribution in [0.25, 0.3) is 0 Å². The maximum Gasteiger partial charge on any atom is 0.311 e. The van der Waals surface area contributed by atoms with Gasteiger partial charge in [0.1, 0.15) is 23.1 Å². The molecule has 3 fully saturated rings. The molecule has 3 aliphatic heterocycles. The van der Waals surface area contributed by atoms with Crippen LogP contribution in [0.2, 0.25) is 0 Å². The molecular weight excluding hydrogens is 794 g/mol. The van der Waals surface area contributed by atoms with Crippen LogP contribution in [0.1, 0.15) is 109 Å². The first-order valence-electron chi connectivity index (χ1n) is 21.7. The number of carbonyl (C=O) groups is 4. The lowest BCUT2D eigenvalue weighted by atomic mass is 9.73. The van der Waals surface area contributed by atoms with Gasteiger partial charge in [0.15, 0.2) is 24.8 Å². The van der Waals surface area contributed by atoms with Gasteiger partial charge in [-0.2, -0.15) is 0 Å². The van der Waals surface area contributed by atoms with E-state index in [0.29, 0.717) is 6.42 Å². The number of esters is 3. The Morgan fingerprint density at radius 1 is 0.869 bits per heavy atom. The lowest BCUT2D eigenvalue weighted by Gasteiger charge is -2.50. The van der Waals surface area contributed by atoms with E-state index < -0.39 is 114 Å². The van der Waals surface area contributed by atoms with Crippen LogP contribution in [0, 0.1) is 23.7 Å². The summed E-state index contributed by atoms with van der Waals surface area (Å²) in [5.74, 6) is -5.41. The number of likely N-dealkylation sites (N-methyl/N-ethyl adjacent to an activating group) is 1. The Balaban J connectivity index is 2.31. The average Bonchev–Trinajstić information content (AvgIpc) is 3.19. The summed E-state index contributed by atoms with van der Waals surface area (Å²) >= 11 is 0. The molecule has 16 nitrogen and oxygen atoms in total. The highest BCUT2D eigenvalue weighted by Crippen LogP contribution is 2.43. The minimum absolute atomic E-state index is 0.0197. The van der Waals surface area contributed by atoms with Gasteiger partial charge in [0.2, 0.25) is 0 Å². The third-order valence-corrected chi connectivity index (χ3v) is 13.3. The molecule has 0 bridgehead atoms. The van der Waals surface area contributed by atoms with E-state index in [1.807, 2.05) is 46.7 Å². The van der Waals surface area contributed by atoms with Crippen molar-refractivity contribution in [2.45, 2.75) is 193 Å². The van der Waals surface area contributed by atoms with Crippen LogP contribution < -0.4 is 0 Å². The fourth-order valence-electron chi connectivity index (χ4n) is 9.67. The Morgan fingerprint density at radius 3 is 1.98 bits per heavy atom. The van der Waals surface area contributed by atoms with Crippen LogP contribution in [-0.4, -0.2) is 153 Å². The first kappa shape index (κ1) is 52.8. The number of hydrogen-bond acceptors (Lipinski definition) is 16. The fraction of sp³-hybridized carbons (Fsp3) is 0.867. The molecule has 3 aliphatic rings. The van der Waals surface area contributed by atoms with Crippen LogP contribution in [0.5, 0.6) is 0 Å². The Labute approximate surface area is 363 Å². The Kier molecular flexibility index (Phi) is 19.0. The molecule has 0 aliphatic carbocycles. The second kappa shape index (κ2) is 21.9. The molecule has 0 spiro atoms. The average molecular weight is 872 g/mol. The van der Waals surface area contributed by atoms with Gasteiger partial charge in [-0.3, -0.25) is 19.2 Å². The van der Waals surface area contributed by atoms with Crippen molar-refractivity contribution in [2.75, 3.05) is 34.9 Å². The molecule has 18 atom stereocenters. The minimum Gasteiger partial charge on any atom is -0.459 e. The van der Waals surface area contributed by atoms with Crippen molar-refractivity contribution in [3.63, 3.8) is 0 Å². The lowest BCUT2D eigenvalue weighted by Crippen LogP contribution is -2.62. The predicted molar refractivity (Wildman–Crippen MR) is 224 cm³/mol. The van der Waals surface area contributed by atoms with E-state index in [0.717, 1.165) is 0 Å². The molecule has 3 rings (SSSR count). The molecule has 0 aromatic carbocycles. The molecule has 1 N–H and O–H groups in total. The standard InChI is InChI=1S/C45H77NO15/c1-18-20-54-45(13)33(19-2)59-41(51)28(7)36(60-34-23-44(12,53-17)40(29(8)56-34)58-31(10)48)27(6)39(43(11,52-16)22-24(3)35(49)26(5)38(45)50)61-42-37(57-30(9)47)32(46(14)15)21-25(4)55-42/h18,24-29,32-34,36-40,42,50H,1,19-23H2,2-17H3/t24-,25-,26+,27+,28-,29+,32+,33-,34+,36+,37-,38-,39-,40+,42+,43-,44-,45-/m1/s1. The molecule has 3 heterocycles. The number of aliphatic hydroxyl groups excluding tert-OH is 1. The molecule has 0 aromatic rings. The van der Waals surface area contributed by atoms with E-state index in [9.17, 15) is 24.3 Å². The molecule has 16 heteroatoms. The Bertz CT molecular complexity index is 1500. The fourth-order valence-corrected chi connectivity index (χ4v) is 9.67. The van der Waals surface area contributed by atoms with E-state index in [2.05, 4.69) is 6.58 Å². The first-order chi connectivity index (χ1) is 28.3. The van der Waals surface area contributed by atoms with Crippen LogP contribution in [0.3, 0.4) is 0 Å². The number of methoxy groups -OCH3 is 2. The summed E-state index contributed by atoms with van der Waals surface area (Å²) < 4.78 is 63.4. The number of cyclic esters (lactones) is 1. The molecule has 0 aromatic heterocycles. The second-order valence-corrected chi connectivity index (χ2v) is 18.4. The van der Waals surface area contributed by atoms with E-state index in [1.54, 1.807) is 41.5 Å². The molecule has 352 valence electrons. The highest BCUT2D eigenvalue weighted by molar-refractivity contribution is 5.83. The van der Waals surface area contributed by atoms with Gasteiger partial charge in [0, 0.05) is 52.2 Å². The zero-order valence-electron chi connectivity index (χ0n) is 39.6. The number of carbonyl (C=O) groups excluding carboxylic acids is 4. The number of nitrogens with zero attached hydrogens (tertiary/aromatic N) is 1. The lowest BCUT2D eigenvalue weighted by molar-refractivity contribution is -0.321. The summed E-state index contributed by atoms with van der Waals surface area (Å²) in [7, 11) is 6.82. The number of aliphatic hydroxyl groups is 1. The number of ketones is 1. The third kappa shape index (κ3) is 12.2. The third-order valence-electron chi connectivity index (χ3n) is 13.3. The summed E-state index contributed by atoms with van der Waals surface area (Å²) in [6.45, 7) is 24.1. The van der Waals surface area contributed by atoms with Crippen molar-refractivity contribution in [3.05, 3.63) is 12.7 Å². The van der Waals surface area contributed by atoms with Gasteiger partial charge in [-0.15, -0.1) is 6.58 Å². The summed E-state index contributed by atoms with van der Waals surface area (Å²) in [6.07, 6.45) is -6.71. The van der Waals surface area contributed by atoms with Crippen molar-refractivity contribution >= 4 is 23.7 Å². The van der Waals surface area contributed by atoms with Gasteiger partial charge in [0.05, 0.1) is 54.7 Å². The minimum atomic E-state index is -1.52. The monoisotopic (exact) mass is 872 g/mol. The maximum absolute atomic E-state index is 14.7. The van der Waals surface area contributed by atoms with Gasteiger partial charge in [-0.05, 0) is 74.9 Å². The van der Waals surface area contributed by atoms with Gasteiger partial charge in [-0.1, -0.05) is 33.8 Å². The normalized spacial score (nSPS) is 43.2. The number of ether oxygens (including phenoxy) is 10. The number of hydrogen-bond donors (Lipinski definition) is 1. The van der Waals surface area contributed by atoms with Crippen LogP contribution in [0.15, 0.2) is 12.7 Å². The van der Waals surface area contributed by atoms with Gasteiger partial charge in [-0.25, -0.2) is 0 Å². The summed E-state index contributed by atoms with van der Waals surface area (Å²) in [6, 6.07) is -0.290. The maximum atomic E-state index is 14.7. The smallest absolute Gasteiger partial charge is 0.311 e. The first-order valence-corrected chi connectivity index (χ1v) is 21.7. The molecule has 0 saturated carbocycles. The molecular formula is C45H77NO15. The largest absolute Gasteiger partial charge is 0.459 e. The van der Waals surface area contributed by atoms with E-state index in [-0.39, 0.29) is 43.8 Å². The number of rotatable bonds is 13. The highest BCUT2D eigenvalue weighted by Gasteiger charge is 2.55. The van der Waals surface area contributed by atoms with Crippen LogP contribution in [0.4, 0.5) is 0 Å². The van der Waals surface area contributed by atoms with E-state index in [4.69, 9.17) is 47.4 Å². The quantitative estimate of drug-likeness (QED) is 0.151. The Morgan fingerprint density at radius 2 is 1.46 bits per heavy atom. The molecule has 0 unspecified atom stereocenters. The van der Waals surface area contributed by atoms with Gasteiger partial charge < -0.3 is 57.4 Å². The SMILES string of the molecule is C=CCO[C@@]1(C)[C@H](O)[C@@H](C)C(=O)[C@H](C)C[C@@](C)(OC)[C@H](O[C@@H]2O[C@H](C)C[C@H](N(C)C)[C@H]2OC(C)=O)[C@@H](C)[C@H](O[C@H]2C[C@@](C)(OC)[C@@H](OC(C)=O)[C@H](C)O2)[C@@H](C)C(=O)O[C@@H]1CC. The van der Waals surface area contributed by atoms with Crippen molar-refractivity contribution in [3.8, 4) is 0 Å². The van der Waals surface area contributed by atoms with Crippen molar-refractivity contribution < 1.29 is 71.7 Å². The summed E-state index contributed by atoms with van der Waals surface area (Å²) in [4.78, 5) is 55.9. The highest BCUT2D eigenvalue weighted by atomic mass is 16.7. The predicted octanol–water partition coefficient (Wildman–Crippen LogP) is 4.79. The van der Waals surface area contributed by atoms with Gasteiger partial charge >= 0.3 is 17.9 Å². The van der Waals surface area contributed by atoms with Crippen LogP contribution >= 0.6 is 0 Å².